The van der Waals surface area contributed by atoms with Crippen molar-refractivity contribution in [2.75, 3.05) is 0 Å². The van der Waals surface area contributed by atoms with Gasteiger partial charge >= 0.3 is 5.69 Å². The maximum Gasteiger partial charge on any atom is 0.354 e. The third-order valence-corrected chi connectivity index (χ3v) is 7.66. The van der Waals surface area contributed by atoms with Crippen LogP contribution in [0.1, 0.15) is 64.5 Å². The minimum atomic E-state index is -0.483. The van der Waals surface area contributed by atoms with Gasteiger partial charge in [-0.2, -0.15) is 4.98 Å². The van der Waals surface area contributed by atoms with Gasteiger partial charge in [0.2, 0.25) is 0 Å². The van der Waals surface area contributed by atoms with Gasteiger partial charge in [0.05, 0.1) is 16.4 Å². The maximum atomic E-state index is 15.2. The van der Waals surface area contributed by atoms with Crippen molar-refractivity contribution in [2.45, 2.75) is 70.3 Å². The Balaban J connectivity index is 1.54. The number of halogens is 2. The second-order valence-electron chi connectivity index (χ2n) is 11.3. The Bertz CT molecular complexity index is 1490. The summed E-state index contributed by atoms with van der Waals surface area (Å²) in [6.45, 7) is 8.44. The maximum absolute atomic E-state index is 15.2. The summed E-state index contributed by atoms with van der Waals surface area (Å²) in [5.74, 6) is -0.483. The predicted molar refractivity (Wildman–Crippen MR) is 145 cm³/mol. The normalized spacial score (nSPS) is 15.9. The number of H-pyrrole nitrogens is 1. The number of aromatic nitrogens is 3. The SMILES string of the molecule is C[C@H](N)CCC1(c2cc(Cl)c(F)c(-c3cc4cn(-c5ccc(C(C)(C)C)cc5)c(=O)nc4[nH]3)c2)CC1. The zero-order chi connectivity index (χ0) is 25.8. The van der Waals surface area contributed by atoms with Crippen LogP contribution in [0.2, 0.25) is 5.02 Å². The first-order valence-electron chi connectivity index (χ1n) is 12.5. The van der Waals surface area contributed by atoms with Crippen molar-refractivity contribution in [1.82, 2.24) is 14.5 Å². The molecule has 1 fully saturated rings. The van der Waals surface area contributed by atoms with Gasteiger partial charge in [-0.15, -0.1) is 0 Å². The molecular formula is C29H32ClFN4O. The third kappa shape index (κ3) is 4.60. The van der Waals surface area contributed by atoms with Crippen LogP contribution in [0.15, 0.2) is 53.5 Å². The fourth-order valence-corrected chi connectivity index (χ4v) is 5.09. The molecule has 3 N–H and O–H groups in total. The molecule has 1 aliphatic rings. The molecule has 188 valence electrons. The molecule has 5 rings (SSSR count). The molecule has 0 aliphatic heterocycles. The largest absolute Gasteiger partial charge is 0.354 e. The smallest absolute Gasteiger partial charge is 0.339 e. The van der Waals surface area contributed by atoms with Crippen LogP contribution in [0.4, 0.5) is 4.39 Å². The summed E-state index contributed by atoms with van der Waals surface area (Å²) >= 11 is 6.36. The summed E-state index contributed by atoms with van der Waals surface area (Å²) in [5.41, 5.74) is 9.90. The van der Waals surface area contributed by atoms with E-state index in [1.165, 1.54) is 10.1 Å². The van der Waals surface area contributed by atoms with Crippen LogP contribution in [-0.2, 0) is 10.8 Å². The lowest BCUT2D eigenvalue weighted by atomic mass is 9.87. The molecule has 0 saturated heterocycles. The van der Waals surface area contributed by atoms with Crippen molar-refractivity contribution < 1.29 is 4.39 Å². The molecule has 4 aromatic rings. The molecule has 2 heterocycles. The first kappa shape index (κ1) is 24.7. The second kappa shape index (κ2) is 8.86. The van der Waals surface area contributed by atoms with E-state index < -0.39 is 11.5 Å². The molecule has 2 aromatic heterocycles. The molecule has 0 radical (unpaired) electrons. The van der Waals surface area contributed by atoms with E-state index in [0.717, 1.165) is 36.9 Å². The average Bonchev–Trinajstić information content (AvgIpc) is 3.51. The van der Waals surface area contributed by atoms with E-state index in [1.54, 1.807) is 12.3 Å². The molecule has 1 atom stereocenters. The van der Waals surface area contributed by atoms with Gasteiger partial charge in [-0.25, -0.2) is 9.18 Å². The summed E-state index contributed by atoms with van der Waals surface area (Å²) < 4.78 is 16.7. The van der Waals surface area contributed by atoms with Gasteiger partial charge in [-0.3, -0.25) is 4.57 Å². The van der Waals surface area contributed by atoms with Crippen molar-refractivity contribution in [3.63, 3.8) is 0 Å². The highest BCUT2D eigenvalue weighted by molar-refractivity contribution is 6.31. The van der Waals surface area contributed by atoms with Crippen LogP contribution >= 0.6 is 11.6 Å². The summed E-state index contributed by atoms with van der Waals surface area (Å²) in [6, 6.07) is 13.5. The zero-order valence-electron chi connectivity index (χ0n) is 21.2. The van der Waals surface area contributed by atoms with Crippen LogP contribution < -0.4 is 11.4 Å². The minimum absolute atomic E-state index is 0.00835. The number of nitrogens with one attached hydrogen (secondary N) is 1. The number of hydrogen-bond donors (Lipinski definition) is 2. The number of aromatic amines is 1. The van der Waals surface area contributed by atoms with Gasteiger partial charge in [-0.05, 0) is 84.9 Å². The summed E-state index contributed by atoms with van der Waals surface area (Å²) in [5, 5.41) is 0.809. The average molecular weight is 507 g/mol. The Hall–Kier alpha value is -2.96. The molecule has 0 spiro atoms. The van der Waals surface area contributed by atoms with Gasteiger partial charge < -0.3 is 10.7 Å². The highest BCUT2D eigenvalue weighted by Gasteiger charge is 2.44. The summed E-state index contributed by atoms with van der Waals surface area (Å²) in [7, 11) is 0. The number of nitrogens with zero attached hydrogens (tertiary/aromatic N) is 2. The molecule has 0 bridgehead atoms. The van der Waals surface area contributed by atoms with Crippen LogP contribution in [0.25, 0.3) is 28.0 Å². The van der Waals surface area contributed by atoms with E-state index in [4.69, 9.17) is 17.3 Å². The van der Waals surface area contributed by atoms with E-state index in [-0.39, 0.29) is 21.9 Å². The zero-order valence-corrected chi connectivity index (χ0v) is 21.9. The molecular weight excluding hydrogens is 475 g/mol. The molecule has 1 saturated carbocycles. The Morgan fingerprint density at radius 1 is 1.19 bits per heavy atom. The van der Waals surface area contributed by atoms with Crippen molar-refractivity contribution >= 4 is 22.6 Å². The van der Waals surface area contributed by atoms with Gasteiger partial charge in [0.25, 0.3) is 0 Å². The van der Waals surface area contributed by atoms with Crippen LogP contribution in [0.3, 0.4) is 0 Å². The number of nitrogens with two attached hydrogens (primary N) is 1. The van der Waals surface area contributed by atoms with E-state index in [9.17, 15) is 4.79 Å². The fraction of sp³-hybridized carbons (Fsp3) is 0.379. The Morgan fingerprint density at radius 3 is 2.50 bits per heavy atom. The number of benzene rings is 2. The first-order valence-corrected chi connectivity index (χ1v) is 12.8. The number of hydrogen-bond acceptors (Lipinski definition) is 3. The Morgan fingerprint density at radius 2 is 1.89 bits per heavy atom. The van der Waals surface area contributed by atoms with Crippen LogP contribution in [-0.4, -0.2) is 20.6 Å². The fourth-order valence-electron chi connectivity index (χ4n) is 4.88. The Kier molecular flexibility index (Phi) is 6.08. The predicted octanol–water partition coefficient (Wildman–Crippen LogP) is 6.63. The second-order valence-corrected chi connectivity index (χ2v) is 11.7. The van der Waals surface area contributed by atoms with Crippen LogP contribution in [0.5, 0.6) is 0 Å². The third-order valence-electron chi connectivity index (χ3n) is 7.38. The first-order chi connectivity index (χ1) is 17.0. The van der Waals surface area contributed by atoms with Crippen molar-refractivity contribution in [2.24, 2.45) is 5.73 Å². The van der Waals surface area contributed by atoms with E-state index in [1.807, 2.05) is 43.3 Å². The molecule has 5 nitrogen and oxygen atoms in total. The summed E-state index contributed by atoms with van der Waals surface area (Å²) in [4.78, 5) is 20.2. The molecule has 0 unspecified atom stereocenters. The number of rotatable bonds is 6. The quantitative estimate of drug-likeness (QED) is 0.308. The highest BCUT2D eigenvalue weighted by atomic mass is 35.5. The molecule has 0 amide bonds. The van der Waals surface area contributed by atoms with Gasteiger partial charge in [0.15, 0.2) is 5.82 Å². The van der Waals surface area contributed by atoms with E-state index >= 15 is 4.39 Å². The lowest BCUT2D eigenvalue weighted by Gasteiger charge is -2.19. The Labute approximate surface area is 215 Å². The van der Waals surface area contributed by atoms with Crippen molar-refractivity contribution in [1.29, 1.82) is 0 Å². The molecule has 7 heteroatoms. The van der Waals surface area contributed by atoms with Crippen molar-refractivity contribution in [3.8, 4) is 16.9 Å². The van der Waals surface area contributed by atoms with Crippen LogP contribution in [0, 0.1) is 5.82 Å². The van der Waals surface area contributed by atoms with Crippen molar-refractivity contribution in [3.05, 3.63) is 81.1 Å². The topological polar surface area (TPSA) is 76.7 Å². The van der Waals surface area contributed by atoms with Gasteiger partial charge in [0.1, 0.15) is 5.65 Å². The standard InChI is InChI=1S/C29H32ClFN4O/c1-17(32)9-10-29(11-12-29)20-14-22(25(31)23(30)15-20)24-13-18-16-35(27(36)34-26(18)33-24)21-7-5-19(6-8-21)28(2,3)4/h5-8,13-17H,9-12,32H2,1-4H3,(H,33,34,36)/t17-/m0/s1. The molecule has 36 heavy (non-hydrogen) atoms. The van der Waals surface area contributed by atoms with Gasteiger partial charge in [0, 0.05) is 23.2 Å². The monoisotopic (exact) mass is 506 g/mol. The summed E-state index contributed by atoms with van der Waals surface area (Å²) in [6.07, 6.45) is 5.69. The molecule has 1 aliphatic carbocycles. The highest BCUT2D eigenvalue weighted by Crippen LogP contribution is 2.53. The van der Waals surface area contributed by atoms with E-state index in [0.29, 0.717) is 22.3 Å². The van der Waals surface area contributed by atoms with Gasteiger partial charge in [-0.1, -0.05) is 44.5 Å². The number of fused-ring (bicyclic) bond motifs is 1. The minimum Gasteiger partial charge on any atom is -0.339 e. The lowest BCUT2D eigenvalue weighted by molar-refractivity contribution is 0.532. The molecule has 2 aromatic carbocycles. The lowest BCUT2D eigenvalue weighted by Crippen LogP contribution is -2.20. The van der Waals surface area contributed by atoms with E-state index in [2.05, 4.69) is 30.7 Å².